The van der Waals surface area contributed by atoms with E-state index in [1.54, 1.807) is 12.4 Å². The fraction of sp³-hybridized carbons (Fsp3) is 0.350. The minimum atomic E-state index is 0.109. The fourth-order valence-electron chi connectivity index (χ4n) is 3.67. The van der Waals surface area contributed by atoms with E-state index in [1.807, 2.05) is 31.2 Å². The van der Waals surface area contributed by atoms with Crippen LogP contribution in [0.3, 0.4) is 0 Å². The van der Waals surface area contributed by atoms with Crippen LogP contribution >= 0.6 is 0 Å². The molecule has 0 spiro atoms. The van der Waals surface area contributed by atoms with Crippen LogP contribution in [-0.2, 0) is 11.3 Å². The third kappa shape index (κ3) is 3.40. The Morgan fingerprint density at radius 2 is 2.16 bits per heavy atom. The van der Waals surface area contributed by atoms with E-state index in [2.05, 4.69) is 27.4 Å². The molecule has 0 unspecified atom stereocenters. The summed E-state index contributed by atoms with van der Waals surface area (Å²) in [7, 11) is 0. The average molecular weight is 335 g/mol. The minimum Gasteiger partial charge on any atom is -0.437 e. The highest BCUT2D eigenvalue weighted by Gasteiger charge is 2.39. The number of carbonyl (C=O) groups is 1. The molecule has 5 heteroatoms. The molecule has 0 aromatic carbocycles. The number of hydrogen-bond donors (Lipinski definition) is 1. The Balaban J connectivity index is 1.41. The Labute approximate surface area is 147 Å². The third-order valence-electron chi connectivity index (χ3n) is 5.02. The SMILES string of the molecule is Cc1ccc(Oc2ncccc2CNC(=O)[C@H]2C[C@@H]3C=C[C@H]2C3)cn1. The Hall–Kier alpha value is -2.69. The molecule has 2 heterocycles. The summed E-state index contributed by atoms with van der Waals surface area (Å²) in [4.78, 5) is 21.0. The smallest absolute Gasteiger partial charge is 0.224 e. The number of aromatic nitrogens is 2. The fourth-order valence-corrected chi connectivity index (χ4v) is 3.67. The van der Waals surface area contributed by atoms with E-state index in [0.29, 0.717) is 30.0 Å². The van der Waals surface area contributed by atoms with Gasteiger partial charge in [0.05, 0.1) is 6.20 Å². The molecule has 5 nitrogen and oxygen atoms in total. The molecule has 2 aromatic rings. The van der Waals surface area contributed by atoms with Crippen molar-refractivity contribution in [3.8, 4) is 11.6 Å². The molecule has 2 bridgehead atoms. The topological polar surface area (TPSA) is 64.1 Å². The van der Waals surface area contributed by atoms with E-state index < -0.39 is 0 Å². The van der Waals surface area contributed by atoms with Crippen molar-refractivity contribution in [3.63, 3.8) is 0 Å². The highest BCUT2D eigenvalue weighted by Crippen LogP contribution is 2.43. The summed E-state index contributed by atoms with van der Waals surface area (Å²) in [6.45, 7) is 2.34. The number of hydrogen-bond acceptors (Lipinski definition) is 4. The number of fused-ring (bicyclic) bond motifs is 2. The van der Waals surface area contributed by atoms with Gasteiger partial charge in [0.25, 0.3) is 0 Å². The zero-order chi connectivity index (χ0) is 17.2. The molecule has 25 heavy (non-hydrogen) atoms. The van der Waals surface area contributed by atoms with Crippen molar-refractivity contribution in [2.24, 2.45) is 17.8 Å². The van der Waals surface area contributed by atoms with Crippen LogP contribution < -0.4 is 10.1 Å². The van der Waals surface area contributed by atoms with Gasteiger partial charge in [-0.05, 0) is 49.8 Å². The van der Waals surface area contributed by atoms with Gasteiger partial charge in [-0.3, -0.25) is 9.78 Å². The second kappa shape index (κ2) is 6.67. The van der Waals surface area contributed by atoms with Crippen LogP contribution in [0.15, 0.2) is 48.8 Å². The molecular formula is C20H21N3O2. The molecule has 3 atom stereocenters. The number of nitrogens with one attached hydrogen (secondary N) is 1. The van der Waals surface area contributed by atoms with Crippen molar-refractivity contribution in [2.45, 2.75) is 26.3 Å². The summed E-state index contributed by atoms with van der Waals surface area (Å²) in [5.41, 5.74) is 1.79. The van der Waals surface area contributed by atoms with Crippen molar-refractivity contribution >= 4 is 5.91 Å². The summed E-state index contributed by atoms with van der Waals surface area (Å²) in [5, 5.41) is 3.05. The number of carbonyl (C=O) groups excluding carboxylic acids is 1. The van der Waals surface area contributed by atoms with Crippen LogP contribution in [0, 0.1) is 24.7 Å². The lowest BCUT2D eigenvalue weighted by atomic mass is 9.93. The normalized spacial score (nSPS) is 23.6. The van der Waals surface area contributed by atoms with Crippen LogP contribution in [0.25, 0.3) is 0 Å². The Bertz CT molecular complexity index is 801. The van der Waals surface area contributed by atoms with Crippen molar-refractivity contribution in [2.75, 3.05) is 0 Å². The Kier molecular flexibility index (Phi) is 4.22. The lowest BCUT2D eigenvalue weighted by molar-refractivity contribution is -0.125. The van der Waals surface area contributed by atoms with Gasteiger partial charge in [0, 0.05) is 29.9 Å². The van der Waals surface area contributed by atoms with Gasteiger partial charge in [0.2, 0.25) is 11.8 Å². The van der Waals surface area contributed by atoms with Gasteiger partial charge >= 0.3 is 0 Å². The van der Waals surface area contributed by atoms with Crippen molar-refractivity contribution in [3.05, 3.63) is 60.1 Å². The second-order valence-corrected chi connectivity index (χ2v) is 6.81. The van der Waals surface area contributed by atoms with Crippen LogP contribution in [0.1, 0.15) is 24.1 Å². The van der Waals surface area contributed by atoms with Crippen LogP contribution in [0.5, 0.6) is 11.6 Å². The first-order chi connectivity index (χ1) is 12.2. The lowest BCUT2D eigenvalue weighted by Crippen LogP contribution is -2.32. The first-order valence-corrected chi connectivity index (χ1v) is 8.69. The molecule has 2 aliphatic carbocycles. The standard InChI is InChI=1S/C20H21N3O2/c1-13-4-7-17(12-22-13)25-20-16(3-2-8-21-20)11-23-19(24)18-10-14-5-6-15(18)9-14/h2-8,12,14-15,18H,9-11H2,1H3,(H,23,24)/t14-,15+,18+/m1/s1. The Morgan fingerprint density at radius 1 is 1.24 bits per heavy atom. The zero-order valence-corrected chi connectivity index (χ0v) is 14.2. The van der Waals surface area contributed by atoms with Crippen LogP contribution in [-0.4, -0.2) is 15.9 Å². The van der Waals surface area contributed by atoms with E-state index in [0.717, 1.165) is 24.1 Å². The van der Waals surface area contributed by atoms with Gasteiger partial charge in [-0.15, -0.1) is 0 Å². The van der Waals surface area contributed by atoms with E-state index in [-0.39, 0.29) is 11.8 Å². The molecule has 0 radical (unpaired) electrons. The number of pyridine rings is 2. The summed E-state index contributed by atoms with van der Waals surface area (Å²) in [5.74, 6) is 2.37. The van der Waals surface area contributed by atoms with E-state index in [9.17, 15) is 4.79 Å². The molecule has 1 saturated carbocycles. The quantitative estimate of drug-likeness (QED) is 0.851. The maximum absolute atomic E-state index is 12.5. The van der Waals surface area contributed by atoms with Crippen molar-refractivity contribution in [1.29, 1.82) is 0 Å². The minimum absolute atomic E-state index is 0.109. The second-order valence-electron chi connectivity index (χ2n) is 6.81. The van der Waals surface area contributed by atoms with E-state index in [4.69, 9.17) is 4.74 Å². The molecule has 2 aliphatic rings. The highest BCUT2D eigenvalue weighted by molar-refractivity contribution is 5.80. The van der Waals surface area contributed by atoms with Crippen molar-refractivity contribution < 1.29 is 9.53 Å². The first-order valence-electron chi connectivity index (χ1n) is 8.69. The number of amides is 1. The van der Waals surface area contributed by atoms with Gasteiger partial charge in [-0.1, -0.05) is 18.2 Å². The van der Waals surface area contributed by atoms with Crippen LogP contribution in [0.4, 0.5) is 0 Å². The molecule has 128 valence electrons. The molecule has 0 aliphatic heterocycles. The number of rotatable bonds is 5. The predicted molar refractivity (Wildman–Crippen MR) is 94.0 cm³/mol. The molecule has 1 N–H and O–H groups in total. The lowest BCUT2D eigenvalue weighted by Gasteiger charge is -2.18. The summed E-state index contributed by atoms with van der Waals surface area (Å²) >= 11 is 0. The molecule has 2 aromatic heterocycles. The molecular weight excluding hydrogens is 314 g/mol. The van der Waals surface area contributed by atoms with Gasteiger partial charge in [0.15, 0.2) is 0 Å². The first kappa shape index (κ1) is 15.8. The summed E-state index contributed by atoms with van der Waals surface area (Å²) in [6.07, 6.45) is 9.90. The molecule has 1 fully saturated rings. The van der Waals surface area contributed by atoms with Crippen LogP contribution in [0.2, 0.25) is 0 Å². The predicted octanol–water partition coefficient (Wildman–Crippen LogP) is 3.41. The maximum atomic E-state index is 12.5. The number of allylic oxidation sites excluding steroid dienone is 2. The van der Waals surface area contributed by atoms with Gasteiger partial charge in [0.1, 0.15) is 5.75 Å². The highest BCUT2D eigenvalue weighted by atomic mass is 16.5. The summed E-state index contributed by atoms with van der Waals surface area (Å²) in [6, 6.07) is 7.52. The molecule has 0 saturated heterocycles. The largest absolute Gasteiger partial charge is 0.437 e. The maximum Gasteiger partial charge on any atom is 0.224 e. The van der Waals surface area contributed by atoms with Gasteiger partial charge in [-0.2, -0.15) is 0 Å². The van der Waals surface area contributed by atoms with E-state index >= 15 is 0 Å². The van der Waals surface area contributed by atoms with Gasteiger partial charge in [-0.25, -0.2) is 4.98 Å². The number of aryl methyl sites for hydroxylation is 1. The average Bonchev–Trinajstić information content (AvgIpc) is 3.26. The van der Waals surface area contributed by atoms with E-state index in [1.165, 1.54) is 0 Å². The number of nitrogens with zero attached hydrogens (tertiary/aromatic N) is 2. The zero-order valence-electron chi connectivity index (χ0n) is 14.2. The molecule has 1 amide bonds. The molecule has 4 rings (SSSR count). The monoisotopic (exact) mass is 335 g/mol. The Morgan fingerprint density at radius 3 is 2.88 bits per heavy atom. The summed E-state index contributed by atoms with van der Waals surface area (Å²) < 4.78 is 5.84. The number of ether oxygens (including phenoxy) is 1. The van der Waals surface area contributed by atoms with Gasteiger partial charge < -0.3 is 10.1 Å². The van der Waals surface area contributed by atoms with Crippen molar-refractivity contribution in [1.82, 2.24) is 15.3 Å². The third-order valence-corrected chi connectivity index (χ3v) is 5.02.